The summed E-state index contributed by atoms with van der Waals surface area (Å²) >= 11 is 6.08. The van der Waals surface area contributed by atoms with Gasteiger partial charge in [0.15, 0.2) is 9.84 Å². The van der Waals surface area contributed by atoms with Crippen LogP contribution < -0.4 is 15.8 Å². The molecule has 0 heterocycles. The standard InChI is InChI=1S/C28H41ClN2O5S/c1-3-5-6-7-8-9-10-11-12-13-18-36-21-14-16-22(17-15-21)37(34,35)27(4-2)28(33)31-25-20-26(32)24(30)19-23(25)29/h14-17,19-20,27,32H,3-13,18,30H2,1-2H3,(H,31,33). The van der Waals surface area contributed by atoms with Crippen LogP contribution in [-0.2, 0) is 14.6 Å². The zero-order valence-electron chi connectivity index (χ0n) is 22.0. The van der Waals surface area contributed by atoms with Crippen molar-refractivity contribution in [2.24, 2.45) is 0 Å². The van der Waals surface area contributed by atoms with E-state index in [1.807, 2.05) is 0 Å². The lowest BCUT2D eigenvalue weighted by atomic mass is 10.1. The number of carbonyl (C=O) groups is 1. The number of anilines is 2. The molecule has 2 aromatic carbocycles. The molecule has 37 heavy (non-hydrogen) atoms. The number of unbranched alkanes of at least 4 members (excludes halogenated alkanes) is 9. The normalized spacial score (nSPS) is 12.3. The topological polar surface area (TPSA) is 119 Å². The van der Waals surface area contributed by atoms with Gasteiger partial charge in [-0.3, -0.25) is 4.79 Å². The molecule has 0 radical (unpaired) electrons. The number of nitrogens with two attached hydrogens (primary N) is 1. The Labute approximate surface area is 226 Å². The largest absolute Gasteiger partial charge is 0.506 e. The quantitative estimate of drug-likeness (QED) is 0.109. The highest BCUT2D eigenvalue weighted by atomic mass is 35.5. The van der Waals surface area contributed by atoms with Crippen molar-refractivity contribution in [1.29, 1.82) is 0 Å². The number of aromatic hydroxyl groups is 1. The van der Waals surface area contributed by atoms with Crippen LogP contribution in [0.1, 0.15) is 84.5 Å². The molecule has 0 saturated carbocycles. The molecule has 9 heteroatoms. The van der Waals surface area contributed by atoms with Crippen LogP contribution in [-0.4, -0.2) is 31.3 Å². The lowest BCUT2D eigenvalue weighted by Gasteiger charge is -2.17. The third kappa shape index (κ3) is 9.74. The first-order chi connectivity index (χ1) is 17.7. The number of hydrogen-bond acceptors (Lipinski definition) is 6. The van der Waals surface area contributed by atoms with E-state index < -0.39 is 21.0 Å². The summed E-state index contributed by atoms with van der Waals surface area (Å²) < 4.78 is 32.1. The number of rotatable bonds is 17. The molecule has 0 aromatic heterocycles. The number of hydrogen-bond donors (Lipinski definition) is 3. The summed E-state index contributed by atoms with van der Waals surface area (Å²) in [5.41, 5.74) is 5.73. The molecule has 0 aliphatic heterocycles. The molecule has 2 aromatic rings. The lowest BCUT2D eigenvalue weighted by molar-refractivity contribution is -0.115. The molecule has 0 aliphatic rings. The van der Waals surface area contributed by atoms with Crippen molar-refractivity contribution < 1.29 is 23.1 Å². The van der Waals surface area contributed by atoms with Gasteiger partial charge in [-0.05, 0) is 43.2 Å². The van der Waals surface area contributed by atoms with Crippen molar-refractivity contribution in [3.05, 3.63) is 41.4 Å². The monoisotopic (exact) mass is 552 g/mol. The Morgan fingerprint density at radius 1 is 0.973 bits per heavy atom. The number of nitrogens with one attached hydrogen (secondary N) is 1. The summed E-state index contributed by atoms with van der Waals surface area (Å²) in [6.45, 7) is 4.43. The molecule has 1 atom stereocenters. The minimum atomic E-state index is -3.96. The van der Waals surface area contributed by atoms with Crippen molar-refractivity contribution >= 4 is 38.7 Å². The van der Waals surface area contributed by atoms with Crippen LogP contribution in [0, 0.1) is 0 Å². The molecular formula is C28H41ClN2O5S. The van der Waals surface area contributed by atoms with E-state index in [1.54, 1.807) is 19.1 Å². The first kappa shape index (κ1) is 30.8. The Bertz CT molecular complexity index is 1090. The van der Waals surface area contributed by atoms with Gasteiger partial charge in [-0.1, -0.05) is 83.2 Å². The van der Waals surface area contributed by atoms with Crippen LogP contribution in [0.25, 0.3) is 0 Å². The summed E-state index contributed by atoms with van der Waals surface area (Å²) in [5, 5.41) is 11.0. The van der Waals surface area contributed by atoms with Crippen molar-refractivity contribution in [2.45, 2.75) is 94.6 Å². The van der Waals surface area contributed by atoms with E-state index in [0.717, 1.165) is 12.8 Å². The fraction of sp³-hybridized carbons (Fsp3) is 0.536. The highest BCUT2D eigenvalue weighted by molar-refractivity contribution is 7.92. The highest BCUT2D eigenvalue weighted by Gasteiger charge is 2.33. The summed E-state index contributed by atoms with van der Waals surface area (Å²) in [5.74, 6) is -0.407. The van der Waals surface area contributed by atoms with Crippen LogP contribution in [0.3, 0.4) is 0 Å². The Morgan fingerprint density at radius 2 is 1.54 bits per heavy atom. The van der Waals surface area contributed by atoms with Crippen molar-refractivity contribution in [3.8, 4) is 11.5 Å². The van der Waals surface area contributed by atoms with Gasteiger partial charge in [-0.15, -0.1) is 0 Å². The number of amides is 1. The maximum atomic E-state index is 13.2. The predicted molar refractivity (Wildman–Crippen MR) is 151 cm³/mol. The third-order valence-corrected chi connectivity index (χ3v) is 8.87. The fourth-order valence-corrected chi connectivity index (χ4v) is 5.94. The molecule has 0 aliphatic carbocycles. The molecule has 0 saturated heterocycles. The molecule has 7 nitrogen and oxygen atoms in total. The van der Waals surface area contributed by atoms with E-state index in [9.17, 15) is 18.3 Å². The van der Waals surface area contributed by atoms with Gasteiger partial charge in [0.2, 0.25) is 5.91 Å². The maximum Gasteiger partial charge on any atom is 0.243 e. The number of halogens is 1. The van der Waals surface area contributed by atoms with Gasteiger partial charge < -0.3 is 20.9 Å². The second-order valence-electron chi connectivity index (χ2n) is 9.32. The summed E-state index contributed by atoms with van der Waals surface area (Å²) in [4.78, 5) is 12.9. The van der Waals surface area contributed by atoms with E-state index in [0.29, 0.717) is 12.4 Å². The molecule has 4 N–H and O–H groups in total. The van der Waals surface area contributed by atoms with Gasteiger partial charge in [-0.25, -0.2) is 8.42 Å². The zero-order chi connectivity index (χ0) is 27.3. The summed E-state index contributed by atoms with van der Waals surface area (Å²) in [6.07, 6.45) is 12.5. The SMILES string of the molecule is CCCCCCCCCCCCOc1ccc(S(=O)(=O)C(CC)C(=O)Nc2cc(O)c(N)cc2Cl)cc1. The van der Waals surface area contributed by atoms with E-state index in [2.05, 4.69) is 12.2 Å². The fourth-order valence-electron chi connectivity index (χ4n) is 4.10. The van der Waals surface area contributed by atoms with E-state index >= 15 is 0 Å². The Morgan fingerprint density at radius 3 is 2.11 bits per heavy atom. The molecule has 0 fully saturated rings. The second-order valence-corrected chi connectivity index (χ2v) is 11.9. The Balaban J connectivity index is 1.83. The third-order valence-electron chi connectivity index (χ3n) is 6.33. The van der Waals surface area contributed by atoms with Gasteiger partial charge in [-0.2, -0.15) is 0 Å². The van der Waals surface area contributed by atoms with E-state index in [1.165, 1.54) is 75.6 Å². The number of phenolic OH excluding ortho intramolecular Hbond substituents is 1. The first-order valence-electron chi connectivity index (χ1n) is 13.3. The summed E-state index contributed by atoms with van der Waals surface area (Å²) in [7, 11) is -3.96. The molecule has 1 amide bonds. The minimum Gasteiger partial charge on any atom is -0.506 e. The van der Waals surface area contributed by atoms with Gasteiger partial charge in [0.05, 0.1) is 27.9 Å². The van der Waals surface area contributed by atoms with Gasteiger partial charge in [0, 0.05) is 6.07 Å². The van der Waals surface area contributed by atoms with Crippen molar-refractivity contribution in [1.82, 2.24) is 0 Å². The van der Waals surface area contributed by atoms with Gasteiger partial charge >= 0.3 is 0 Å². The number of sulfone groups is 1. The van der Waals surface area contributed by atoms with Gasteiger partial charge in [0.1, 0.15) is 16.7 Å². The number of carbonyl (C=O) groups excluding carboxylic acids is 1. The number of phenols is 1. The minimum absolute atomic E-state index is 0.0343. The van der Waals surface area contributed by atoms with E-state index in [-0.39, 0.29) is 33.5 Å². The van der Waals surface area contributed by atoms with Crippen LogP contribution in [0.5, 0.6) is 11.5 Å². The second kappa shape index (κ2) is 15.7. The zero-order valence-corrected chi connectivity index (χ0v) is 23.5. The molecule has 0 spiro atoms. The number of benzene rings is 2. The van der Waals surface area contributed by atoms with Crippen LogP contribution in [0.2, 0.25) is 5.02 Å². The highest BCUT2D eigenvalue weighted by Crippen LogP contribution is 2.32. The average Bonchev–Trinajstić information content (AvgIpc) is 2.86. The van der Waals surface area contributed by atoms with Crippen molar-refractivity contribution in [3.63, 3.8) is 0 Å². The lowest BCUT2D eigenvalue weighted by Crippen LogP contribution is -2.34. The van der Waals surface area contributed by atoms with Gasteiger partial charge in [0.25, 0.3) is 0 Å². The van der Waals surface area contributed by atoms with E-state index in [4.69, 9.17) is 22.1 Å². The predicted octanol–water partition coefficient (Wildman–Crippen LogP) is 7.12. The Hall–Kier alpha value is -2.45. The number of nitrogen functional groups attached to an aromatic ring is 1. The molecular weight excluding hydrogens is 512 g/mol. The summed E-state index contributed by atoms with van der Waals surface area (Å²) in [6, 6.07) is 8.62. The van der Waals surface area contributed by atoms with Crippen LogP contribution in [0.15, 0.2) is 41.3 Å². The smallest absolute Gasteiger partial charge is 0.243 e. The molecule has 206 valence electrons. The molecule has 0 bridgehead atoms. The Kier molecular flexibility index (Phi) is 13.1. The molecule has 2 rings (SSSR count). The maximum absolute atomic E-state index is 13.2. The average molecular weight is 553 g/mol. The first-order valence-corrected chi connectivity index (χ1v) is 15.2. The van der Waals surface area contributed by atoms with Crippen LogP contribution >= 0.6 is 11.6 Å². The molecule has 1 unspecified atom stereocenters. The van der Waals surface area contributed by atoms with Crippen molar-refractivity contribution in [2.75, 3.05) is 17.7 Å². The number of ether oxygens (including phenoxy) is 1. The van der Waals surface area contributed by atoms with Crippen LogP contribution in [0.4, 0.5) is 11.4 Å².